The van der Waals surface area contributed by atoms with E-state index in [0.717, 1.165) is 27.0 Å². The Labute approximate surface area is 154 Å². The van der Waals surface area contributed by atoms with Crippen LogP contribution in [-0.4, -0.2) is 15.9 Å². The molecule has 3 rings (SSSR count). The van der Waals surface area contributed by atoms with E-state index in [1.807, 2.05) is 56.3 Å². The summed E-state index contributed by atoms with van der Waals surface area (Å²) in [5.41, 5.74) is 4.19. The molecule has 1 heterocycles. The molecule has 2 aromatic carbocycles. The van der Waals surface area contributed by atoms with Crippen LogP contribution in [-0.2, 0) is 0 Å². The predicted octanol–water partition coefficient (Wildman–Crippen LogP) is 4.85. The van der Waals surface area contributed by atoms with Crippen molar-refractivity contribution in [2.24, 2.45) is 0 Å². The van der Waals surface area contributed by atoms with Crippen LogP contribution in [0.3, 0.4) is 0 Å². The van der Waals surface area contributed by atoms with E-state index in [-0.39, 0.29) is 5.91 Å². The van der Waals surface area contributed by atoms with Gasteiger partial charge in [-0.05, 0) is 59.1 Å². The summed E-state index contributed by atoms with van der Waals surface area (Å²) in [5.74, 6) is 0.189. The number of nitrogens with one attached hydrogen (secondary N) is 2. The Morgan fingerprint density at radius 3 is 2.40 bits per heavy atom. The van der Waals surface area contributed by atoms with Gasteiger partial charge in [0.1, 0.15) is 0 Å². The second-order valence-electron chi connectivity index (χ2n) is 5.67. The van der Waals surface area contributed by atoms with Gasteiger partial charge in [-0.15, -0.1) is 0 Å². The van der Waals surface area contributed by atoms with Crippen molar-refractivity contribution in [3.05, 3.63) is 76.0 Å². The Kier molecular flexibility index (Phi) is 5.09. The first-order valence-electron chi connectivity index (χ1n) is 7.75. The van der Waals surface area contributed by atoms with Gasteiger partial charge in [-0.1, -0.05) is 24.3 Å². The Hall–Kier alpha value is -2.73. The highest BCUT2D eigenvalue weighted by atomic mass is 79.9. The van der Waals surface area contributed by atoms with E-state index in [0.29, 0.717) is 11.5 Å². The van der Waals surface area contributed by atoms with Gasteiger partial charge in [0.15, 0.2) is 0 Å². The van der Waals surface area contributed by atoms with E-state index < -0.39 is 0 Å². The zero-order chi connectivity index (χ0) is 17.8. The summed E-state index contributed by atoms with van der Waals surface area (Å²) in [6.45, 7) is 3.96. The van der Waals surface area contributed by atoms with Crippen LogP contribution in [0.4, 0.5) is 17.3 Å². The van der Waals surface area contributed by atoms with Crippen molar-refractivity contribution in [3.63, 3.8) is 0 Å². The number of aryl methyl sites for hydroxylation is 2. The van der Waals surface area contributed by atoms with Gasteiger partial charge in [0.25, 0.3) is 5.91 Å². The lowest BCUT2D eigenvalue weighted by Gasteiger charge is -2.09. The number of nitrogens with zero attached hydrogens (tertiary/aromatic N) is 2. The van der Waals surface area contributed by atoms with Gasteiger partial charge in [0.05, 0.1) is 11.3 Å². The van der Waals surface area contributed by atoms with E-state index in [1.165, 1.54) is 12.4 Å². The van der Waals surface area contributed by atoms with Gasteiger partial charge in [-0.3, -0.25) is 4.79 Å². The molecule has 0 atom stereocenters. The topological polar surface area (TPSA) is 66.9 Å². The van der Waals surface area contributed by atoms with Crippen molar-refractivity contribution in [3.8, 4) is 0 Å². The molecule has 0 saturated heterocycles. The Balaban J connectivity index is 1.71. The SMILES string of the molecule is Cc1ccc(Nc2ncc(C(=O)Nc3ccccc3C)cn2)c(Br)c1. The molecule has 1 aromatic heterocycles. The molecule has 0 unspecified atom stereocenters. The van der Waals surface area contributed by atoms with Gasteiger partial charge < -0.3 is 10.6 Å². The molecule has 0 fully saturated rings. The van der Waals surface area contributed by atoms with E-state index in [4.69, 9.17) is 0 Å². The summed E-state index contributed by atoms with van der Waals surface area (Å²) in [4.78, 5) is 20.7. The number of carbonyl (C=O) groups excluding carboxylic acids is 1. The third kappa shape index (κ3) is 4.22. The minimum absolute atomic E-state index is 0.239. The van der Waals surface area contributed by atoms with Crippen LogP contribution in [0.5, 0.6) is 0 Å². The number of para-hydroxylation sites is 1. The summed E-state index contributed by atoms with van der Waals surface area (Å²) < 4.78 is 0.928. The van der Waals surface area contributed by atoms with Gasteiger partial charge in [-0.2, -0.15) is 0 Å². The maximum absolute atomic E-state index is 12.3. The van der Waals surface area contributed by atoms with Gasteiger partial charge >= 0.3 is 0 Å². The monoisotopic (exact) mass is 396 g/mol. The van der Waals surface area contributed by atoms with Gasteiger partial charge in [0, 0.05) is 22.6 Å². The van der Waals surface area contributed by atoms with Crippen LogP contribution >= 0.6 is 15.9 Å². The maximum Gasteiger partial charge on any atom is 0.258 e. The number of rotatable bonds is 4. The average molecular weight is 397 g/mol. The standard InChI is InChI=1S/C19H17BrN4O/c1-12-7-8-17(15(20)9-12)24-19-21-10-14(11-22-19)18(25)23-16-6-4-3-5-13(16)2/h3-11H,1-2H3,(H,23,25)(H,21,22,24). The fourth-order valence-corrected chi connectivity index (χ4v) is 2.85. The zero-order valence-corrected chi connectivity index (χ0v) is 15.5. The number of hydrogen-bond acceptors (Lipinski definition) is 4. The van der Waals surface area contributed by atoms with Gasteiger partial charge in [-0.25, -0.2) is 9.97 Å². The number of amides is 1. The smallest absolute Gasteiger partial charge is 0.258 e. The van der Waals surface area contributed by atoms with Crippen LogP contribution in [0, 0.1) is 13.8 Å². The summed E-state index contributed by atoms with van der Waals surface area (Å²) in [5, 5.41) is 5.99. The molecular weight excluding hydrogens is 380 g/mol. The van der Waals surface area contributed by atoms with E-state index in [9.17, 15) is 4.79 Å². The second-order valence-corrected chi connectivity index (χ2v) is 6.53. The molecule has 3 aromatic rings. The zero-order valence-electron chi connectivity index (χ0n) is 13.9. The van der Waals surface area contributed by atoms with Crippen LogP contribution in [0.2, 0.25) is 0 Å². The predicted molar refractivity (Wildman–Crippen MR) is 103 cm³/mol. The summed E-state index contributed by atoms with van der Waals surface area (Å²) in [7, 11) is 0. The molecule has 126 valence electrons. The number of aromatic nitrogens is 2. The largest absolute Gasteiger partial charge is 0.323 e. The van der Waals surface area contributed by atoms with E-state index in [1.54, 1.807) is 0 Å². The Bertz CT molecular complexity index is 910. The average Bonchev–Trinajstić information content (AvgIpc) is 2.60. The first-order valence-corrected chi connectivity index (χ1v) is 8.54. The van der Waals surface area contributed by atoms with E-state index >= 15 is 0 Å². The van der Waals surface area contributed by atoms with Crippen molar-refractivity contribution in [1.29, 1.82) is 0 Å². The minimum Gasteiger partial charge on any atom is -0.323 e. The molecule has 6 heteroatoms. The van der Waals surface area contributed by atoms with Crippen molar-refractivity contribution in [2.75, 3.05) is 10.6 Å². The third-order valence-electron chi connectivity index (χ3n) is 3.68. The highest BCUT2D eigenvalue weighted by molar-refractivity contribution is 9.10. The quantitative estimate of drug-likeness (QED) is 0.661. The fraction of sp³-hybridized carbons (Fsp3) is 0.105. The van der Waals surface area contributed by atoms with Crippen molar-refractivity contribution >= 4 is 39.2 Å². The molecule has 0 aliphatic carbocycles. The van der Waals surface area contributed by atoms with Crippen LogP contribution in [0.1, 0.15) is 21.5 Å². The lowest BCUT2D eigenvalue weighted by atomic mass is 10.2. The van der Waals surface area contributed by atoms with Crippen LogP contribution in [0.15, 0.2) is 59.3 Å². The Morgan fingerprint density at radius 1 is 1.00 bits per heavy atom. The molecule has 1 amide bonds. The number of halogens is 1. The summed E-state index contributed by atoms with van der Waals surface area (Å²) in [6, 6.07) is 13.6. The van der Waals surface area contributed by atoms with Gasteiger partial charge in [0.2, 0.25) is 5.95 Å². The number of anilines is 3. The molecular formula is C19H17BrN4O. The van der Waals surface area contributed by atoms with E-state index in [2.05, 4.69) is 36.5 Å². The van der Waals surface area contributed by atoms with Crippen molar-refractivity contribution in [2.45, 2.75) is 13.8 Å². The molecule has 5 nitrogen and oxygen atoms in total. The number of benzene rings is 2. The molecule has 2 N–H and O–H groups in total. The fourth-order valence-electron chi connectivity index (χ4n) is 2.26. The van der Waals surface area contributed by atoms with Crippen molar-refractivity contribution in [1.82, 2.24) is 9.97 Å². The molecule has 0 aliphatic rings. The first kappa shape index (κ1) is 17.1. The Morgan fingerprint density at radius 2 is 1.72 bits per heavy atom. The number of carbonyl (C=O) groups is 1. The molecule has 25 heavy (non-hydrogen) atoms. The first-order chi connectivity index (χ1) is 12.0. The molecule has 0 spiro atoms. The highest BCUT2D eigenvalue weighted by Crippen LogP contribution is 2.25. The third-order valence-corrected chi connectivity index (χ3v) is 4.33. The van der Waals surface area contributed by atoms with Crippen LogP contribution in [0.25, 0.3) is 0 Å². The molecule has 0 radical (unpaired) electrons. The maximum atomic E-state index is 12.3. The number of hydrogen-bond donors (Lipinski definition) is 2. The lowest BCUT2D eigenvalue weighted by molar-refractivity contribution is 0.102. The minimum atomic E-state index is -0.239. The molecule has 0 bridgehead atoms. The van der Waals surface area contributed by atoms with Crippen molar-refractivity contribution < 1.29 is 4.79 Å². The normalized spacial score (nSPS) is 10.4. The second kappa shape index (κ2) is 7.44. The molecule has 0 aliphatic heterocycles. The summed E-state index contributed by atoms with van der Waals surface area (Å²) >= 11 is 3.50. The highest BCUT2D eigenvalue weighted by Gasteiger charge is 2.09. The molecule has 0 saturated carbocycles. The summed E-state index contributed by atoms with van der Waals surface area (Å²) in [6.07, 6.45) is 3.01. The van der Waals surface area contributed by atoms with Crippen LogP contribution < -0.4 is 10.6 Å². The lowest BCUT2D eigenvalue weighted by Crippen LogP contribution is -2.13.